The number of hydrogen-bond donors (Lipinski definition) is 1. The smallest absolute Gasteiger partial charge is 0.227 e. The van der Waals surface area contributed by atoms with E-state index in [-0.39, 0.29) is 30.4 Å². The first-order chi connectivity index (χ1) is 13.8. The summed E-state index contributed by atoms with van der Waals surface area (Å²) in [6.45, 7) is 0.997. The molecule has 1 aliphatic heterocycles. The Morgan fingerprint density at radius 1 is 1.03 bits per heavy atom. The van der Waals surface area contributed by atoms with Crippen LogP contribution in [0.15, 0.2) is 53.4 Å². The molecule has 2 amide bonds. The molecule has 0 spiro atoms. The van der Waals surface area contributed by atoms with Crippen LogP contribution in [0.4, 0.5) is 5.69 Å². The minimum absolute atomic E-state index is 0.000113. The van der Waals surface area contributed by atoms with E-state index in [1.54, 1.807) is 40.9 Å². The van der Waals surface area contributed by atoms with Crippen LogP contribution >= 0.6 is 11.8 Å². The molecule has 0 fully saturated rings. The van der Waals surface area contributed by atoms with Crippen LogP contribution in [0.25, 0.3) is 0 Å². The minimum Gasteiger partial charge on any atom is -0.352 e. The highest BCUT2D eigenvalue weighted by Crippen LogP contribution is 2.34. The van der Waals surface area contributed by atoms with Gasteiger partial charge in [0.15, 0.2) is 9.84 Å². The van der Waals surface area contributed by atoms with E-state index in [1.165, 1.54) is 6.26 Å². The van der Waals surface area contributed by atoms with Gasteiger partial charge < -0.3 is 10.2 Å². The molecule has 29 heavy (non-hydrogen) atoms. The third-order valence-electron chi connectivity index (χ3n) is 4.54. The molecule has 0 radical (unpaired) electrons. The molecule has 2 aromatic carbocycles. The normalized spacial score (nSPS) is 13.6. The summed E-state index contributed by atoms with van der Waals surface area (Å²) in [5, 5.41) is 2.81. The number of anilines is 1. The predicted octanol–water partition coefficient (Wildman–Crippen LogP) is 2.77. The summed E-state index contributed by atoms with van der Waals surface area (Å²) in [5.74, 6) is 0.626. The highest BCUT2D eigenvalue weighted by atomic mass is 32.2. The number of thioether (sulfide) groups is 1. The first kappa shape index (κ1) is 21.4. The van der Waals surface area contributed by atoms with Crippen LogP contribution in [0.2, 0.25) is 0 Å². The van der Waals surface area contributed by atoms with E-state index in [1.807, 2.05) is 24.3 Å². The molecule has 0 aromatic heterocycles. The van der Waals surface area contributed by atoms with Crippen molar-refractivity contribution in [2.45, 2.75) is 30.0 Å². The third kappa shape index (κ3) is 6.33. The number of rotatable bonds is 7. The summed E-state index contributed by atoms with van der Waals surface area (Å²) in [7, 11) is -3.07. The predicted molar refractivity (Wildman–Crippen MR) is 116 cm³/mol. The van der Waals surface area contributed by atoms with E-state index in [9.17, 15) is 18.0 Å². The molecule has 1 N–H and O–H groups in total. The second kappa shape index (κ2) is 9.45. The van der Waals surface area contributed by atoms with Crippen molar-refractivity contribution in [3.8, 4) is 0 Å². The van der Waals surface area contributed by atoms with E-state index < -0.39 is 9.84 Å². The zero-order chi connectivity index (χ0) is 20.9. The Balaban J connectivity index is 1.46. The van der Waals surface area contributed by atoms with Crippen molar-refractivity contribution < 1.29 is 18.0 Å². The van der Waals surface area contributed by atoms with Crippen LogP contribution in [-0.2, 0) is 31.7 Å². The number of nitrogens with zero attached hydrogens (tertiary/aromatic N) is 1. The average molecular weight is 433 g/mol. The number of carbonyl (C=O) groups is 2. The summed E-state index contributed by atoms with van der Waals surface area (Å²) in [6, 6.07) is 14.9. The van der Waals surface area contributed by atoms with E-state index in [0.29, 0.717) is 18.7 Å². The molecule has 0 aliphatic carbocycles. The van der Waals surface area contributed by atoms with Gasteiger partial charge in [0.2, 0.25) is 11.8 Å². The molecule has 0 saturated heterocycles. The second-order valence-electron chi connectivity index (χ2n) is 7.02. The largest absolute Gasteiger partial charge is 0.352 e. The summed E-state index contributed by atoms with van der Waals surface area (Å²) < 4.78 is 22.6. The molecule has 0 bridgehead atoms. The molecule has 6 nitrogen and oxygen atoms in total. The number of sulfone groups is 1. The van der Waals surface area contributed by atoms with Gasteiger partial charge in [-0.1, -0.05) is 36.4 Å². The Morgan fingerprint density at radius 3 is 2.45 bits per heavy atom. The molecule has 2 aromatic rings. The number of hydrogen-bond acceptors (Lipinski definition) is 5. The maximum Gasteiger partial charge on any atom is 0.227 e. The maximum atomic E-state index is 12.6. The van der Waals surface area contributed by atoms with Crippen molar-refractivity contribution in [3.63, 3.8) is 0 Å². The zero-order valence-electron chi connectivity index (χ0n) is 16.3. The molecule has 0 saturated carbocycles. The second-order valence-corrected chi connectivity index (χ2v) is 10.3. The number of amides is 2. The fourth-order valence-electron chi connectivity index (χ4n) is 3.13. The first-order valence-corrected chi connectivity index (χ1v) is 12.4. The summed E-state index contributed by atoms with van der Waals surface area (Å²) in [5.41, 5.74) is 2.51. The fraction of sp³-hybridized carbons (Fsp3) is 0.333. The highest BCUT2D eigenvalue weighted by molar-refractivity contribution is 7.99. The van der Waals surface area contributed by atoms with E-state index >= 15 is 0 Å². The quantitative estimate of drug-likeness (QED) is 0.727. The van der Waals surface area contributed by atoms with Gasteiger partial charge in [-0.2, -0.15) is 0 Å². The topological polar surface area (TPSA) is 83.5 Å². The minimum atomic E-state index is -3.07. The number of nitrogens with one attached hydrogen (secondary N) is 1. The van der Waals surface area contributed by atoms with Crippen molar-refractivity contribution in [1.82, 2.24) is 5.32 Å². The fourth-order valence-corrected chi connectivity index (χ4v) is 4.92. The van der Waals surface area contributed by atoms with Gasteiger partial charge >= 0.3 is 0 Å². The molecular formula is C21H24N2O4S2. The molecule has 0 atom stereocenters. The monoisotopic (exact) mass is 432 g/mol. The SMILES string of the molecule is CS(=O)(=O)Cc1ccc(CNC(=O)CCC(=O)N2CCSc3ccccc32)cc1. The number of para-hydroxylation sites is 1. The Kier molecular flexibility index (Phi) is 6.97. The number of fused-ring (bicyclic) bond motifs is 1. The van der Waals surface area contributed by atoms with Crippen LogP contribution in [0, 0.1) is 0 Å². The van der Waals surface area contributed by atoms with Gasteiger partial charge in [0.05, 0.1) is 11.4 Å². The highest BCUT2D eigenvalue weighted by Gasteiger charge is 2.22. The zero-order valence-corrected chi connectivity index (χ0v) is 17.9. The van der Waals surface area contributed by atoms with E-state index in [0.717, 1.165) is 21.9 Å². The van der Waals surface area contributed by atoms with Crippen LogP contribution < -0.4 is 10.2 Å². The van der Waals surface area contributed by atoms with Gasteiger partial charge in [-0.3, -0.25) is 9.59 Å². The Morgan fingerprint density at radius 2 is 1.72 bits per heavy atom. The van der Waals surface area contributed by atoms with Crippen molar-refractivity contribution >= 4 is 39.1 Å². The lowest BCUT2D eigenvalue weighted by Gasteiger charge is -2.29. The molecule has 8 heteroatoms. The maximum absolute atomic E-state index is 12.6. The number of benzene rings is 2. The molecule has 3 rings (SSSR count). The molecule has 154 valence electrons. The number of carbonyl (C=O) groups excluding carboxylic acids is 2. The van der Waals surface area contributed by atoms with Gasteiger partial charge in [-0.05, 0) is 23.3 Å². The standard InChI is InChI=1S/C21H24N2O4S2/c1-29(26,27)15-17-8-6-16(7-9-17)14-22-20(24)10-11-21(25)23-12-13-28-19-5-3-2-4-18(19)23/h2-9H,10-15H2,1H3,(H,22,24). The van der Waals surface area contributed by atoms with E-state index in [2.05, 4.69) is 5.32 Å². The van der Waals surface area contributed by atoms with Crippen LogP contribution in [-0.4, -0.2) is 38.8 Å². The van der Waals surface area contributed by atoms with Crippen molar-refractivity contribution in [2.24, 2.45) is 0 Å². The van der Waals surface area contributed by atoms with Crippen LogP contribution in [0.3, 0.4) is 0 Å². The average Bonchev–Trinajstić information content (AvgIpc) is 2.70. The van der Waals surface area contributed by atoms with Gasteiger partial charge in [0.25, 0.3) is 0 Å². The van der Waals surface area contributed by atoms with Crippen molar-refractivity contribution in [2.75, 3.05) is 23.5 Å². The van der Waals surface area contributed by atoms with Crippen molar-refractivity contribution in [3.05, 3.63) is 59.7 Å². The lowest BCUT2D eigenvalue weighted by atomic mass is 10.1. The van der Waals surface area contributed by atoms with Gasteiger partial charge in [0.1, 0.15) is 0 Å². The Labute approximate surface area is 175 Å². The molecule has 0 unspecified atom stereocenters. The summed E-state index contributed by atoms with van der Waals surface area (Å²) in [6.07, 6.45) is 1.50. The van der Waals surface area contributed by atoms with Crippen LogP contribution in [0.1, 0.15) is 24.0 Å². The third-order valence-corrected chi connectivity index (χ3v) is 6.44. The Bertz CT molecular complexity index is 988. The molecule has 1 aliphatic rings. The van der Waals surface area contributed by atoms with Crippen molar-refractivity contribution in [1.29, 1.82) is 0 Å². The van der Waals surface area contributed by atoms with Crippen LogP contribution in [0.5, 0.6) is 0 Å². The first-order valence-electron chi connectivity index (χ1n) is 9.36. The summed E-state index contributed by atoms with van der Waals surface area (Å²) >= 11 is 1.74. The van der Waals surface area contributed by atoms with E-state index in [4.69, 9.17) is 0 Å². The summed E-state index contributed by atoms with van der Waals surface area (Å²) in [4.78, 5) is 27.6. The van der Waals surface area contributed by atoms with Gasteiger partial charge in [-0.15, -0.1) is 11.8 Å². The van der Waals surface area contributed by atoms with Gasteiger partial charge in [0, 0.05) is 42.8 Å². The lowest BCUT2D eigenvalue weighted by molar-refractivity contribution is -0.125. The van der Waals surface area contributed by atoms with Gasteiger partial charge in [-0.25, -0.2) is 8.42 Å². The Hall–Kier alpha value is -2.32. The lowest BCUT2D eigenvalue weighted by Crippen LogP contribution is -2.36. The molecular weight excluding hydrogens is 408 g/mol. The molecule has 1 heterocycles.